The predicted octanol–water partition coefficient (Wildman–Crippen LogP) is 5.04. The summed E-state index contributed by atoms with van der Waals surface area (Å²) in [5, 5.41) is 17.3. The van der Waals surface area contributed by atoms with E-state index in [-0.39, 0.29) is 12.6 Å². The van der Waals surface area contributed by atoms with Gasteiger partial charge in [0.15, 0.2) is 6.19 Å². The van der Waals surface area contributed by atoms with Gasteiger partial charge in [-0.05, 0) is 49.6 Å². The van der Waals surface area contributed by atoms with Gasteiger partial charge in [0.1, 0.15) is 6.54 Å². The van der Waals surface area contributed by atoms with Gasteiger partial charge in [-0.15, -0.1) is 10.2 Å². The molecule has 3 aromatic rings. The van der Waals surface area contributed by atoms with Crippen molar-refractivity contribution in [2.75, 3.05) is 0 Å². The van der Waals surface area contributed by atoms with Crippen LogP contribution in [0.15, 0.2) is 52.9 Å². The molecule has 0 N–H and O–H groups in total. The first kappa shape index (κ1) is 20.4. The maximum Gasteiger partial charge on any atom is 0.416 e. The van der Waals surface area contributed by atoms with E-state index in [1.807, 2.05) is 38.1 Å². The molecule has 8 heteroatoms. The molecule has 0 radical (unpaired) electrons. The molecular formula is C21H19F3N4O. The van der Waals surface area contributed by atoms with Crippen LogP contribution in [-0.2, 0) is 19.1 Å². The van der Waals surface area contributed by atoms with E-state index in [9.17, 15) is 18.4 Å². The third-order valence-electron chi connectivity index (χ3n) is 4.45. The Morgan fingerprint density at radius 3 is 2.38 bits per heavy atom. The third kappa shape index (κ3) is 4.93. The zero-order valence-electron chi connectivity index (χ0n) is 15.9. The molecule has 0 spiro atoms. The molecular weight excluding hydrogens is 381 g/mol. The fraction of sp³-hybridized carbons (Fsp3) is 0.286. The summed E-state index contributed by atoms with van der Waals surface area (Å²) < 4.78 is 44.0. The topological polar surface area (TPSA) is 66.0 Å². The summed E-state index contributed by atoms with van der Waals surface area (Å²) in [6, 6.07) is 12.4. The molecule has 150 valence electrons. The molecule has 0 unspecified atom stereocenters. The number of halogens is 3. The highest BCUT2D eigenvalue weighted by Crippen LogP contribution is 2.30. The van der Waals surface area contributed by atoms with E-state index in [0.717, 1.165) is 23.3 Å². The lowest BCUT2D eigenvalue weighted by Gasteiger charge is -2.16. The number of benzene rings is 2. The van der Waals surface area contributed by atoms with Gasteiger partial charge in [0, 0.05) is 11.6 Å². The highest BCUT2D eigenvalue weighted by molar-refractivity contribution is 5.59. The fourth-order valence-electron chi connectivity index (χ4n) is 2.82. The van der Waals surface area contributed by atoms with Crippen LogP contribution in [0.2, 0.25) is 0 Å². The van der Waals surface area contributed by atoms with E-state index in [0.29, 0.717) is 23.8 Å². The molecule has 0 aliphatic heterocycles. The molecule has 0 saturated carbocycles. The average Bonchev–Trinajstić information content (AvgIpc) is 3.14. The van der Waals surface area contributed by atoms with Crippen LogP contribution in [0.25, 0.3) is 11.5 Å². The van der Waals surface area contributed by atoms with Crippen LogP contribution in [0.5, 0.6) is 0 Å². The Bertz CT molecular complexity index is 1000. The van der Waals surface area contributed by atoms with Crippen LogP contribution >= 0.6 is 0 Å². The van der Waals surface area contributed by atoms with Gasteiger partial charge in [0.05, 0.1) is 5.56 Å². The van der Waals surface area contributed by atoms with Gasteiger partial charge in [-0.3, -0.25) is 4.90 Å². The first-order valence-electron chi connectivity index (χ1n) is 9.01. The summed E-state index contributed by atoms with van der Waals surface area (Å²) in [5.74, 6) is 0.628. The third-order valence-corrected chi connectivity index (χ3v) is 4.45. The standard InChI is InChI=1S/C21H19F3N4O/c1-14(2)28(13-25)12-19-26-27-20(29-19)18-6-4-3-5-16(18)11-15-7-9-17(10-8-15)21(22,23)24/h3-10,14H,11-12H2,1-2H3. The van der Waals surface area contributed by atoms with Crippen molar-refractivity contribution in [3.05, 3.63) is 71.1 Å². The second-order valence-corrected chi connectivity index (χ2v) is 6.85. The van der Waals surface area contributed by atoms with Gasteiger partial charge in [0.2, 0.25) is 11.8 Å². The quantitative estimate of drug-likeness (QED) is 0.429. The van der Waals surface area contributed by atoms with Crippen molar-refractivity contribution in [3.8, 4) is 17.6 Å². The normalized spacial score (nSPS) is 11.5. The Morgan fingerprint density at radius 1 is 1.07 bits per heavy atom. The molecule has 0 aliphatic rings. The number of rotatable bonds is 6. The maximum atomic E-state index is 12.7. The number of nitrogens with zero attached hydrogens (tertiary/aromatic N) is 4. The van der Waals surface area contributed by atoms with Crippen molar-refractivity contribution in [2.45, 2.75) is 39.0 Å². The maximum absolute atomic E-state index is 12.7. The second kappa shape index (κ2) is 8.35. The molecule has 0 fully saturated rings. The van der Waals surface area contributed by atoms with Crippen molar-refractivity contribution < 1.29 is 17.6 Å². The van der Waals surface area contributed by atoms with E-state index in [1.54, 1.807) is 0 Å². The minimum Gasteiger partial charge on any atom is -0.419 e. The van der Waals surface area contributed by atoms with Gasteiger partial charge in [-0.25, -0.2) is 0 Å². The monoisotopic (exact) mass is 400 g/mol. The van der Waals surface area contributed by atoms with E-state index in [4.69, 9.17) is 4.42 Å². The molecule has 0 bridgehead atoms. The predicted molar refractivity (Wildman–Crippen MR) is 100 cm³/mol. The van der Waals surface area contributed by atoms with Crippen LogP contribution in [0.1, 0.15) is 36.4 Å². The van der Waals surface area contributed by atoms with Gasteiger partial charge in [-0.1, -0.05) is 30.3 Å². The molecule has 0 aliphatic carbocycles. The zero-order chi connectivity index (χ0) is 21.0. The van der Waals surface area contributed by atoms with Gasteiger partial charge < -0.3 is 4.42 Å². The molecule has 0 saturated heterocycles. The Balaban J connectivity index is 1.82. The highest BCUT2D eigenvalue weighted by Gasteiger charge is 2.30. The van der Waals surface area contributed by atoms with E-state index in [1.165, 1.54) is 17.0 Å². The number of aromatic nitrogens is 2. The lowest BCUT2D eigenvalue weighted by molar-refractivity contribution is -0.137. The molecule has 1 heterocycles. The van der Waals surface area contributed by atoms with Crippen molar-refractivity contribution in [1.82, 2.24) is 15.1 Å². The van der Waals surface area contributed by atoms with E-state index in [2.05, 4.69) is 16.4 Å². The Kier molecular flexibility index (Phi) is 5.87. The molecule has 3 rings (SSSR count). The Labute approximate surface area is 166 Å². The minimum absolute atomic E-state index is 0.00214. The first-order valence-corrected chi connectivity index (χ1v) is 9.01. The summed E-state index contributed by atoms with van der Waals surface area (Å²) >= 11 is 0. The zero-order valence-corrected chi connectivity index (χ0v) is 15.9. The SMILES string of the molecule is CC(C)N(C#N)Cc1nnc(-c2ccccc2Cc2ccc(C(F)(F)F)cc2)o1. The molecule has 0 amide bonds. The summed E-state index contributed by atoms with van der Waals surface area (Å²) in [6.07, 6.45) is -1.85. The minimum atomic E-state index is -4.36. The van der Waals surface area contributed by atoms with Crippen LogP contribution in [0.4, 0.5) is 13.2 Å². The van der Waals surface area contributed by atoms with Gasteiger partial charge >= 0.3 is 6.18 Å². The summed E-state index contributed by atoms with van der Waals surface area (Å²) in [4.78, 5) is 1.52. The van der Waals surface area contributed by atoms with Crippen molar-refractivity contribution in [2.24, 2.45) is 0 Å². The summed E-state index contributed by atoms with van der Waals surface area (Å²) in [5.41, 5.74) is 1.62. The molecule has 5 nitrogen and oxygen atoms in total. The molecule has 29 heavy (non-hydrogen) atoms. The molecule has 0 atom stereocenters. The largest absolute Gasteiger partial charge is 0.419 e. The second-order valence-electron chi connectivity index (χ2n) is 6.85. The number of hydrogen-bond acceptors (Lipinski definition) is 5. The molecule has 2 aromatic carbocycles. The van der Waals surface area contributed by atoms with Crippen LogP contribution in [0.3, 0.4) is 0 Å². The van der Waals surface area contributed by atoms with Crippen molar-refractivity contribution in [1.29, 1.82) is 5.26 Å². The summed E-state index contributed by atoms with van der Waals surface area (Å²) in [6.45, 7) is 3.99. The number of nitriles is 1. The Hall–Kier alpha value is -3.34. The molecule has 1 aromatic heterocycles. The van der Waals surface area contributed by atoms with Crippen LogP contribution < -0.4 is 0 Å². The van der Waals surface area contributed by atoms with Crippen LogP contribution in [-0.4, -0.2) is 21.1 Å². The highest BCUT2D eigenvalue weighted by atomic mass is 19.4. The fourth-order valence-corrected chi connectivity index (χ4v) is 2.82. The number of alkyl halides is 3. The summed E-state index contributed by atoms with van der Waals surface area (Å²) in [7, 11) is 0. The van der Waals surface area contributed by atoms with Crippen LogP contribution in [0, 0.1) is 11.5 Å². The van der Waals surface area contributed by atoms with Crippen molar-refractivity contribution in [3.63, 3.8) is 0 Å². The lowest BCUT2D eigenvalue weighted by Crippen LogP contribution is -2.25. The first-order chi connectivity index (χ1) is 13.8. The smallest absolute Gasteiger partial charge is 0.416 e. The number of hydrogen-bond donors (Lipinski definition) is 0. The van der Waals surface area contributed by atoms with E-state index >= 15 is 0 Å². The lowest BCUT2D eigenvalue weighted by atomic mass is 9.99. The average molecular weight is 400 g/mol. The van der Waals surface area contributed by atoms with Gasteiger partial charge in [-0.2, -0.15) is 18.4 Å². The Morgan fingerprint density at radius 2 is 1.76 bits per heavy atom. The van der Waals surface area contributed by atoms with Crippen molar-refractivity contribution >= 4 is 0 Å². The van der Waals surface area contributed by atoms with Gasteiger partial charge in [0.25, 0.3) is 0 Å². The van der Waals surface area contributed by atoms with E-state index < -0.39 is 11.7 Å².